The van der Waals surface area contributed by atoms with Crippen LogP contribution in [0.15, 0.2) is 36.7 Å². The molecule has 0 amide bonds. The van der Waals surface area contributed by atoms with Crippen LogP contribution in [-0.4, -0.2) is 11.1 Å². The van der Waals surface area contributed by atoms with E-state index in [9.17, 15) is 0 Å². The highest BCUT2D eigenvalue weighted by Gasteiger charge is 1.94. The lowest BCUT2D eigenvalue weighted by Gasteiger charge is -1.95. The highest BCUT2D eigenvalue weighted by Crippen LogP contribution is 2.13. The van der Waals surface area contributed by atoms with Gasteiger partial charge in [0.2, 0.25) is 0 Å². The van der Waals surface area contributed by atoms with Gasteiger partial charge in [0.1, 0.15) is 0 Å². The molecule has 1 aromatic carbocycles. The number of rotatable bonds is 2. The molecule has 1 aromatic heterocycles. The van der Waals surface area contributed by atoms with Gasteiger partial charge in [-0.05, 0) is 10.8 Å². The van der Waals surface area contributed by atoms with Gasteiger partial charge in [-0.1, -0.05) is 24.3 Å². The van der Waals surface area contributed by atoms with Crippen LogP contribution in [0.4, 0.5) is 0 Å². The first kappa shape index (κ1) is 7.37. The summed E-state index contributed by atoms with van der Waals surface area (Å²) in [6, 6.07) is 8.33. The van der Waals surface area contributed by atoms with E-state index in [1.807, 2.05) is 0 Å². The van der Waals surface area contributed by atoms with Gasteiger partial charge in [-0.15, -0.1) is 0 Å². The van der Waals surface area contributed by atoms with Crippen molar-refractivity contribution in [3.05, 3.63) is 36.7 Å². The van der Waals surface area contributed by atoms with E-state index in [1.54, 1.807) is 0 Å². The lowest BCUT2D eigenvalue weighted by molar-refractivity contribution is 0.716. The third-order valence-electron chi connectivity index (χ3n) is 1.99. The Kier molecular flexibility index (Phi) is 1.84. The van der Waals surface area contributed by atoms with Gasteiger partial charge in [-0.3, -0.25) is 0 Å². The summed E-state index contributed by atoms with van der Waals surface area (Å²) in [5, 5.41) is 2.57. The van der Waals surface area contributed by atoms with Crippen molar-refractivity contribution in [3.8, 4) is 0 Å². The summed E-state index contributed by atoms with van der Waals surface area (Å²) < 4.78 is 2.13. The first-order valence-electron chi connectivity index (χ1n) is 4.15. The van der Waals surface area contributed by atoms with Gasteiger partial charge < -0.3 is 10.3 Å². The SMILES string of the molecule is NCCn1cc2ccccc2c1. The number of nitrogens with two attached hydrogens (primary N) is 1. The molecule has 2 heteroatoms. The van der Waals surface area contributed by atoms with Crippen molar-refractivity contribution in [2.75, 3.05) is 6.54 Å². The summed E-state index contributed by atoms with van der Waals surface area (Å²) in [6.45, 7) is 1.59. The Bertz CT molecular complexity index is 343. The zero-order valence-electron chi connectivity index (χ0n) is 6.90. The van der Waals surface area contributed by atoms with Crippen molar-refractivity contribution in [1.29, 1.82) is 0 Å². The summed E-state index contributed by atoms with van der Waals surface area (Å²) in [6.07, 6.45) is 4.25. The first-order chi connectivity index (χ1) is 5.90. The summed E-state index contributed by atoms with van der Waals surface area (Å²) in [5.41, 5.74) is 5.46. The molecule has 2 nitrogen and oxygen atoms in total. The molecule has 2 N–H and O–H groups in total. The molecule has 0 bridgehead atoms. The molecular weight excluding hydrogens is 148 g/mol. The Hall–Kier alpha value is -1.28. The Morgan fingerprint density at radius 1 is 1.08 bits per heavy atom. The smallest absolute Gasteiger partial charge is 0.0343 e. The van der Waals surface area contributed by atoms with E-state index in [1.165, 1.54) is 10.8 Å². The molecule has 0 fully saturated rings. The molecule has 2 aromatic rings. The van der Waals surface area contributed by atoms with Crippen molar-refractivity contribution in [2.45, 2.75) is 6.54 Å². The van der Waals surface area contributed by atoms with Crippen LogP contribution in [0.25, 0.3) is 10.8 Å². The van der Waals surface area contributed by atoms with Crippen LogP contribution in [0.2, 0.25) is 0 Å². The zero-order valence-corrected chi connectivity index (χ0v) is 6.90. The first-order valence-corrected chi connectivity index (χ1v) is 4.15. The van der Waals surface area contributed by atoms with E-state index in [2.05, 4.69) is 41.2 Å². The van der Waals surface area contributed by atoms with Crippen molar-refractivity contribution in [2.24, 2.45) is 5.73 Å². The maximum Gasteiger partial charge on any atom is 0.0343 e. The van der Waals surface area contributed by atoms with Crippen molar-refractivity contribution >= 4 is 10.8 Å². The van der Waals surface area contributed by atoms with E-state index < -0.39 is 0 Å². The van der Waals surface area contributed by atoms with Crippen LogP contribution in [0, 0.1) is 0 Å². The third-order valence-corrected chi connectivity index (χ3v) is 1.99. The summed E-state index contributed by atoms with van der Waals surface area (Å²) in [4.78, 5) is 0. The van der Waals surface area contributed by atoms with Crippen LogP contribution in [0.3, 0.4) is 0 Å². The highest BCUT2D eigenvalue weighted by atomic mass is 14.9. The normalized spacial score (nSPS) is 10.8. The monoisotopic (exact) mass is 160 g/mol. The summed E-state index contributed by atoms with van der Waals surface area (Å²) in [7, 11) is 0. The van der Waals surface area contributed by atoms with Gasteiger partial charge in [0.15, 0.2) is 0 Å². The predicted octanol–water partition coefficient (Wildman–Crippen LogP) is 1.60. The van der Waals surface area contributed by atoms with E-state index in [0.717, 1.165) is 6.54 Å². The fourth-order valence-corrected chi connectivity index (χ4v) is 1.42. The van der Waals surface area contributed by atoms with Gasteiger partial charge in [0, 0.05) is 25.5 Å². The third kappa shape index (κ3) is 1.21. The van der Waals surface area contributed by atoms with Crippen LogP contribution in [0.1, 0.15) is 0 Å². The molecule has 2 rings (SSSR count). The van der Waals surface area contributed by atoms with Gasteiger partial charge in [-0.25, -0.2) is 0 Å². The van der Waals surface area contributed by atoms with Crippen LogP contribution in [0.5, 0.6) is 0 Å². The number of nitrogens with zero attached hydrogens (tertiary/aromatic N) is 1. The second kappa shape index (κ2) is 2.99. The van der Waals surface area contributed by atoms with E-state index >= 15 is 0 Å². The molecule has 0 spiro atoms. The van der Waals surface area contributed by atoms with Gasteiger partial charge in [-0.2, -0.15) is 0 Å². The maximum atomic E-state index is 5.46. The standard InChI is InChI=1S/C10H12N2/c11-5-6-12-7-9-3-1-2-4-10(9)8-12/h1-4,7-8H,5-6,11H2. The Labute approximate surface area is 71.6 Å². The second-order valence-electron chi connectivity index (χ2n) is 2.91. The summed E-state index contributed by atoms with van der Waals surface area (Å²) >= 11 is 0. The van der Waals surface area contributed by atoms with Gasteiger partial charge in [0.25, 0.3) is 0 Å². The minimum atomic E-state index is 0.695. The Balaban J connectivity index is 2.47. The lowest BCUT2D eigenvalue weighted by atomic mass is 10.2. The predicted molar refractivity (Wildman–Crippen MR) is 51.0 cm³/mol. The maximum absolute atomic E-state index is 5.46. The van der Waals surface area contributed by atoms with Gasteiger partial charge in [0.05, 0.1) is 0 Å². The molecular formula is C10H12N2. The number of benzene rings is 1. The molecule has 0 radical (unpaired) electrons. The Morgan fingerprint density at radius 2 is 1.67 bits per heavy atom. The van der Waals surface area contributed by atoms with Crippen molar-refractivity contribution < 1.29 is 0 Å². The topological polar surface area (TPSA) is 30.9 Å². The average Bonchev–Trinajstić information content (AvgIpc) is 2.47. The van der Waals surface area contributed by atoms with E-state index in [0.29, 0.717) is 6.54 Å². The zero-order chi connectivity index (χ0) is 8.39. The van der Waals surface area contributed by atoms with Crippen molar-refractivity contribution in [3.63, 3.8) is 0 Å². The Morgan fingerprint density at radius 3 is 2.17 bits per heavy atom. The fourth-order valence-electron chi connectivity index (χ4n) is 1.42. The quantitative estimate of drug-likeness (QED) is 0.710. The van der Waals surface area contributed by atoms with E-state index in [4.69, 9.17) is 5.73 Å². The van der Waals surface area contributed by atoms with Crippen molar-refractivity contribution in [1.82, 2.24) is 4.57 Å². The molecule has 0 saturated carbocycles. The molecule has 0 atom stereocenters. The second-order valence-corrected chi connectivity index (χ2v) is 2.91. The molecule has 62 valence electrons. The number of fused-ring (bicyclic) bond motifs is 1. The molecule has 0 aliphatic carbocycles. The molecule has 0 aliphatic heterocycles. The highest BCUT2D eigenvalue weighted by molar-refractivity contribution is 5.81. The minimum absolute atomic E-state index is 0.695. The van der Waals surface area contributed by atoms with E-state index in [-0.39, 0.29) is 0 Å². The number of hydrogen-bond acceptors (Lipinski definition) is 1. The minimum Gasteiger partial charge on any atom is -0.352 e. The molecule has 1 heterocycles. The molecule has 0 saturated heterocycles. The van der Waals surface area contributed by atoms with Gasteiger partial charge >= 0.3 is 0 Å². The summed E-state index contributed by atoms with van der Waals surface area (Å²) in [5.74, 6) is 0. The molecule has 12 heavy (non-hydrogen) atoms. The van der Waals surface area contributed by atoms with Crippen LogP contribution >= 0.6 is 0 Å². The average molecular weight is 160 g/mol. The fraction of sp³-hybridized carbons (Fsp3) is 0.200. The lowest BCUT2D eigenvalue weighted by Crippen LogP contribution is -2.07. The number of aromatic nitrogens is 1. The number of hydrogen-bond donors (Lipinski definition) is 1. The molecule has 0 unspecified atom stereocenters. The van der Waals surface area contributed by atoms with Crippen LogP contribution < -0.4 is 5.73 Å². The van der Waals surface area contributed by atoms with Crippen LogP contribution in [-0.2, 0) is 6.54 Å². The largest absolute Gasteiger partial charge is 0.352 e. The molecule has 0 aliphatic rings.